The lowest BCUT2D eigenvalue weighted by atomic mass is 9.93. The number of alkyl halides is 3. The van der Waals surface area contributed by atoms with Gasteiger partial charge >= 0.3 is 15.6 Å². The van der Waals surface area contributed by atoms with E-state index in [1.54, 1.807) is 0 Å². The SMILES string of the molecule is O=C1CCC(N2CCOCC2)CC1.O=S(=O)(OC1=CCC(N2CCOCC2)CC1)C(F)(F)F. The standard InChI is InChI=1S/C11H16F3NO4S.C10H17NO2/c12-11(13,14)20(16,17)19-10-3-1-9(2-4-10)15-5-7-18-8-6-15;12-10-3-1-9(2-4-10)11-5-7-13-8-6-11/h3,9H,1-2,4-8H2;9H,1-8H2. The van der Waals surface area contributed by atoms with Gasteiger partial charge in [0.25, 0.3) is 0 Å². The van der Waals surface area contributed by atoms with Gasteiger partial charge in [-0.3, -0.25) is 14.6 Å². The lowest BCUT2D eigenvalue weighted by Crippen LogP contribution is -2.45. The number of hydrogen-bond acceptors (Lipinski definition) is 8. The van der Waals surface area contributed by atoms with Crippen LogP contribution in [-0.4, -0.2) is 94.2 Å². The highest BCUT2D eigenvalue weighted by molar-refractivity contribution is 7.87. The van der Waals surface area contributed by atoms with Gasteiger partial charge in [0.1, 0.15) is 11.5 Å². The molecule has 1 atom stereocenters. The molecule has 190 valence electrons. The average Bonchev–Trinajstić information content (AvgIpc) is 2.81. The van der Waals surface area contributed by atoms with Crippen molar-refractivity contribution in [1.82, 2.24) is 9.80 Å². The summed E-state index contributed by atoms with van der Waals surface area (Å²) in [5, 5.41) is 0. The highest BCUT2D eigenvalue weighted by Crippen LogP contribution is 2.31. The number of morpholine rings is 2. The second kappa shape index (κ2) is 12.0. The average molecular weight is 499 g/mol. The van der Waals surface area contributed by atoms with Gasteiger partial charge in [0, 0.05) is 57.5 Å². The Balaban J connectivity index is 0.000000203. The zero-order valence-corrected chi connectivity index (χ0v) is 19.5. The Morgan fingerprint density at radius 3 is 1.79 bits per heavy atom. The maximum Gasteiger partial charge on any atom is 0.534 e. The van der Waals surface area contributed by atoms with E-state index in [1.807, 2.05) is 0 Å². The molecule has 2 aliphatic heterocycles. The first-order valence-electron chi connectivity index (χ1n) is 11.5. The second-order valence-corrected chi connectivity index (χ2v) is 10.2. The van der Waals surface area contributed by atoms with E-state index in [9.17, 15) is 26.4 Å². The third-order valence-corrected chi connectivity index (χ3v) is 7.48. The number of carbonyl (C=O) groups excluding carboxylic acids is 1. The Morgan fingerprint density at radius 1 is 0.848 bits per heavy atom. The molecule has 1 unspecified atom stereocenters. The van der Waals surface area contributed by atoms with Crippen LogP contribution in [0.5, 0.6) is 0 Å². The summed E-state index contributed by atoms with van der Waals surface area (Å²) in [6, 6.07) is 0.862. The number of ketones is 1. The van der Waals surface area contributed by atoms with E-state index in [0.717, 1.165) is 65.1 Å². The first-order valence-corrected chi connectivity index (χ1v) is 12.9. The normalized spacial score (nSPS) is 26.8. The minimum absolute atomic E-state index is 0.119. The van der Waals surface area contributed by atoms with Gasteiger partial charge in [0.2, 0.25) is 0 Å². The molecule has 2 heterocycles. The van der Waals surface area contributed by atoms with Crippen LogP contribution in [-0.2, 0) is 28.6 Å². The molecule has 0 spiro atoms. The van der Waals surface area contributed by atoms with Crippen LogP contribution in [0.25, 0.3) is 0 Å². The number of halogens is 3. The number of allylic oxidation sites excluding steroid dienone is 1. The lowest BCUT2D eigenvalue weighted by Gasteiger charge is -2.36. The van der Waals surface area contributed by atoms with E-state index in [0.29, 0.717) is 37.9 Å². The van der Waals surface area contributed by atoms with Gasteiger partial charge in [-0.1, -0.05) is 0 Å². The quantitative estimate of drug-likeness (QED) is 0.432. The summed E-state index contributed by atoms with van der Waals surface area (Å²) in [7, 11) is -5.54. The number of Topliss-reactive ketones (excluding diaryl/α,β-unsaturated/α-hetero) is 1. The third kappa shape index (κ3) is 7.91. The van der Waals surface area contributed by atoms with Crippen molar-refractivity contribution in [2.45, 2.75) is 62.5 Å². The van der Waals surface area contributed by atoms with Gasteiger partial charge in [0.05, 0.1) is 26.4 Å². The molecule has 0 N–H and O–H groups in total. The zero-order chi connectivity index (χ0) is 23.9. The molecule has 0 aromatic rings. The van der Waals surface area contributed by atoms with E-state index >= 15 is 0 Å². The van der Waals surface area contributed by atoms with Crippen molar-refractivity contribution in [3.63, 3.8) is 0 Å². The smallest absolute Gasteiger partial charge is 0.381 e. The van der Waals surface area contributed by atoms with Gasteiger partial charge in [-0.05, 0) is 31.8 Å². The fourth-order valence-electron chi connectivity index (χ4n) is 4.57. The van der Waals surface area contributed by atoms with Crippen LogP contribution < -0.4 is 0 Å². The Morgan fingerprint density at radius 2 is 1.33 bits per heavy atom. The van der Waals surface area contributed by atoms with E-state index < -0.39 is 15.6 Å². The molecule has 12 heteroatoms. The molecule has 0 bridgehead atoms. The molecule has 8 nitrogen and oxygen atoms in total. The van der Waals surface area contributed by atoms with Crippen molar-refractivity contribution < 1.29 is 40.0 Å². The van der Waals surface area contributed by atoms with Crippen LogP contribution in [0, 0.1) is 0 Å². The summed E-state index contributed by atoms with van der Waals surface area (Å²) in [5.41, 5.74) is -5.38. The fourth-order valence-corrected chi connectivity index (χ4v) is 5.09. The van der Waals surface area contributed by atoms with Crippen LogP contribution in [0.2, 0.25) is 0 Å². The molecule has 4 rings (SSSR count). The number of nitrogens with zero attached hydrogens (tertiary/aromatic N) is 2. The van der Waals surface area contributed by atoms with Gasteiger partial charge in [0.15, 0.2) is 0 Å². The molecule has 2 saturated heterocycles. The van der Waals surface area contributed by atoms with Crippen molar-refractivity contribution in [3.05, 3.63) is 11.8 Å². The van der Waals surface area contributed by atoms with Gasteiger partial charge in [-0.25, -0.2) is 0 Å². The predicted molar refractivity (Wildman–Crippen MR) is 114 cm³/mol. The highest BCUT2D eigenvalue weighted by atomic mass is 32.2. The van der Waals surface area contributed by atoms with Crippen molar-refractivity contribution in [2.24, 2.45) is 0 Å². The number of rotatable bonds is 4. The summed E-state index contributed by atoms with van der Waals surface area (Å²) in [4.78, 5) is 15.7. The summed E-state index contributed by atoms with van der Waals surface area (Å²) < 4.78 is 73.0. The number of hydrogen-bond donors (Lipinski definition) is 0. The molecule has 3 fully saturated rings. The highest BCUT2D eigenvalue weighted by Gasteiger charge is 2.49. The maximum atomic E-state index is 12.2. The molecule has 0 aromatic heterocycles. The van der Waals surface area contributed by atoms with E-state index in [4.69, 9.17) is 9.47 Å². The van der Waals surface area contributed by atoms with Crippen LogP contribution >= 0.6 is 0 Å². The molecular formula is C21H33F3N2O6S. The molecule has 4 aliphatic rings. The van der Waals surface area contributed by atoms with Crippen molar-refractivity contribution in [1.29, 1.82) is 0 Å². The van der Waals surface area contributed by atoms with Crippen molar-refractivity contribution in [2.75, 3.05) is 52.6 Å². The van der Waals surface area contributed by atoms with Gasteiger partial charge in [-0.2, -0.15) is 21.6 Å². The van der Waals surface area contributed by atoms with Gasteiger partial charge < -0.3 is 13.7 Å². The molecule has 33 heavy (non-hydrogen) atoms. The molecule has 1 saturated carbocycles. The first-order chi connectivity index (χ1) is 15.7. The number of carbonyl (C=O) groups is 1. The van der Waals surface area contributed by atoms with E-state index in [1.165, 1.54) is 6.08 Å². The first kappa shape index (κ1) is 26.4. The molecule has 0 amide bonds. The second-order valence-electron chi connectivity index (χ2n) is 8.65. The molecular weight excluding hydrogens is 465 g/mol. The van der Waals surface area contributed by atoms with Gasteiger partial charge in [-0.15, -0.1) is 0 Å². The topological polar surface area (TPSA) is 85.4 Å². The number of ether oxygens (including phenoxy) is 2. The van der Waals surface area contributed by atoms with Crippen LogP contribution in [0.4, 0.5) is 13.2 Å². The maximum absolute atomic E-state index is 12.2. The largest absolute Gasteiger partial charge is 0.534 e. The Labute approximate surface area is 193 Å². The Hall–Kier alpha value is -1.21. The van der Waals surface area contributed by atoms with Crippen molar-refractivity contribution in [3.8, 4) is 0 Å². The predicted octanol–water partition coefficient (Wildman–Crippen LogP) is 2.45. The summed E-state index contributed by atoms with van der Waals surface area (Å²) in [6.07, 6.45) is 6.42. The summed E-state index contributed by atoms with van der Waals surface area (Å²) in [5.74, 6) is 0.330. The van der Waals surface area contributed by atoms with Crippen molar-refractivity contribution >= 4 is 15.9 Å². The minimum Gasteiger partial charge on any atom is -0.381 e. The van der Waals surface area contributed by atoms with Crippen LogP contribution in [0.1, 0.15) is 44.9 Å². The van der Waals surface area contributed by atoms with E-state index in [2.05, 4.69) is 14.0 Å². The Kier molecular flexibility index (Phi) is 9.57. The zero-order valence-electron chi connectivity index (χ0n) is 18.7. The van der Waals surface area contributed by atoms with E-state index in [-0.39, 0.29) is 18.2 Å². The van der Waals surface area contributed by atoms with Crippen LogP contribution in [0.3, 0.4) is 0 Å². The summed E-state index contributed by atoms with van der Waals surface area (Å²) in [6.45, 7) is 6.70. The molecule has 0 radical (unpaired) electrons. The fraction of sp³-hybridized carbons (Fsp3) is 0.857. The molecule has 2 aliphatic carbocycles. The summed E-state index contributed by atoms with van der Waals surface area (Å²) >= 11 is 0. The van der Waals surface area contributed by atoms with Crippen LogP contribution in [0.15, 0.2) is 11.8 Å². The minimum atomic E-state index is -5.54. The lowest BCUT2D eigenvalue weighted by molar-refractivity contribution is -0.121. The molecule has 0 aromatic carbocycles. The monoisotopic (exact) mass is 498 g/mol. The third-order valence-electron chi connectivity index (χ3n) is 6.48. The Bertz CT molecular complexity index is 767.